The number of aromatic nitrogens is 1. The number of hydrogen-bond acceptors (Lipinski definition) is 4. The molecule has 0 amide bonds. The molecule has 0 spiro atoms. The molecule has 4 heteroatoms. The van der Waals surface area contributed by atoms with Crippen molar-refractivity contribution in [1.29, 1.82) is 0 Å². The summed E-state index contributed by atoms with van der Waals surface area (Å²) in [5, 5.41) is 3.30. The van der Waals surface area contributed by atoms with Crippen LogP contribution in [0.25, 0.3) is 0 Å². The second-order valence-corrected chi connectivity index (χ2v) is 4.85. The number of ether oxygens (including phenoxy) is 2. The molecular formula is C17H22N2O2. The van der Waals surface area contributed by atoms with E-state index >= 15 is 0 Å². The molecule has 0 saturated carbocycles. The van der Waals surface area contributed by atoms with E-state index in [0.717, 1.165) is 36.0 Å². The highest BCUT2D eigenvalue weighted by atomic mass is 16.5. The van der Waals surface area contributed by atoms with Crippen molar-refractivity contribution in [1.82, 2.24) is 10.3 Å². The number of nitrogens with zero attached hydrogens (tertiary/aromatic N) is 1. The smallest absolute Gasteiger partial charge is 0.130 e. The zero-order valence-electron chi connectivity index (χ0n) is 12.8. The first kappa shape index (κ1) is 15.3. The van der Waals surface area contributed by atoms with Crippen LogP contribution in [0.1, 0.15) is 23.9 Å². The van der Waals surface area contributed by atoms with Crippen molar-refractivity contribution in [3.8, 4) is 11.5 Å². The monoisotopic (exact) mass is 286 g/mol. The molecular weight excluding hydrogens is 264 g/mol. The quantitative estimate of drug-likeness (QED) is 0.849. The van der Waals surface area contributed by atoms with Crippen LogP contribution in [0.3, 0.4) is 0 Å². The Kier molecular flexibility index (Phi) is 5.58. The largest absolute Gasteiger partial charge is 0.497 e. The number of rotatable bonds is 7. The van der Waals surface area contributed by atoms with Crippen LogP contribution in [0.2, 0.25) is 0 Å². The zero-order chi connectivity index (χ0) is 15.1. The Hall–Kier alpha value is -2.07. The van der Waals surface area contributed by atoms with E-state index in [2.05, 4.69) is 29.4 Å². The molecule has 1 heterocycles. The van der Waals surface area contributed by atoms with Crippen molar-refractivity contribution in [3.05, 3.63) is 53.3 Å². The SMILES string of the molecule is CCNCc1ccc(OCc2cc(OC)cc(C)n2)cc1. The summed E-state index contributed by atoms with van der Waals surface area (Å²) in [5.74, 6) is 1.65. The average molecular weight is 286 g/mol. The van der Waals surface area contributed by atoms with Gasteiger partial charge in [-0.15, -0.1) is 0 Å². The van der Waals surface area contributed by atoms with E-state index in [4.69, 9.17) is 9.47 Å². The molecule has 0 aliphatic rings. The Morgan fingerprint density at radius 1 is 1.10 bits per heavy atom. The first-order valence-corrected chi connectivity index (χ1v) is 7.15. The number of aryl methyl sites for hydroxylation is 1. The summed E-state index contributed by atoms with van der Waals surface area (Å²) in [6, 6.07) is 11.9. The minimum Gasteiger partial charge on any atom is -0.497 e. The van der Waals surface area contributed by atoms with Crippen molar-refractivity contribution in [2.75, 3.05) is 13.7 Å². The van der Waals surface area contributed by atoms with Gasteiger partial charge in [-0.3, -0.25) is 4.98 Å². The molecule has 112 valence electrons. The van der Waals surface area contributed by atoms with Gasteiger partial charge in [0.25, 0.3) is 0 Å². The third kappa shape index (κ3) is 4.76. The Morgan fingerprint density at radius 2 is 1.86 bits per heavy atom. The van der Waals surface area contributed by atoms with Crippen molar-refractivity contribution in [2.24, 2.45) is 0 Å². The van der Waals surface area contributed by atoms with Gasteiger partial charge in [0.1, 0.15) is 18.1 Å². The molecule has 21 heavy (non-hydrogen) atoms. The third-order valence-electron chi connectivity index (χ3n) is 3.10. The molecule has 0 unspecified atom stereocenters. The van der Waals surface area contributed by atoms with Crippen LogP contribution in [0, 0.1) is 6.92 Å². The Labute approximate surface area is 126 Å². The minimum absolute atomic E-state index is 0.435. The van der Waals surface area contributed by atoms with Crippen molar-refractivity contribution in [2.45, 2.75) is 27.0 Å². The molecule has 0 aliphatic heterocycles. The van der Waals surface area contributed by atoms with Gasteiger partial charge in [-0.2, -0.15) is 0 Å². The van der Waals surface area contributed by atoms with E-state index in [1.807, 2.05) is 31.2 Å². The lowest BCUT2D eigenvalue weighted by Crippen LogP contribution is -2.11. The second-order valence-electron chi connectivity index (χ2n) is 4.85. The van der Waals surface area contributed by atoms with E-state index in [0.29, 0.717) is 6.61 Å². The lowest BCUT2D eigenvalue weighted by molar-refractivity contribution is 0.299. The topological polar surface area (TPSA) is 43.4 Å². The predicted octanol–water partition coefficient (Wildman–Crippen LogP) is 3.09. The van der Waals surface area contributed by atoms with Gasteiger partial charge in [0.05, 0.1) is 12.8 Å². The Balaban J connectivity index is 1.95. The summed E-state index contributed by atoms with van der Waals surface area (Å²) >= 11 is 0. The Bertz CT molecular complexity index is 568. The van der Waals surface area contributed by atoms with Crippen molar-refractivity contribution in [3.63, 3.8) is 0 Å². The standard InChI is InChI=1S/C17H22N2O2/c1-4-18-11-14-5-7-16(8-6-14)21-12-15-10-17(20-3)9-13(2)19-15/h5-10,18H,4,11-12H2,1-3H3. The average Bonchev–Trinajstić information content (AvgIpc) is 2.51. The van der Waals surface area contributed by atoms with E-state index in [1.54, 1.807) is 7.11 Å². The van der Waals surface area contributed by atoms with Gasteiger partial charge in [0.2, 0.25) is 0 Å². The van der Waals surface area contributed by atoms with Gasteiger partial charge in [-0.1, -0.05) is 19.1 Å². The van der Waals surface area contributed by atoms with Crippen molar-refractivity contribution >= 4 is 0 Å². The fraction of sp³-hybridized carbons (Fsp3) is 0.353. The summed E-state index contributed by atoms with van der Waals surface area (Å²) in [5.41, 5.74) is 3.04. The molecule has 4 nitrogen and oxygen atoms in total. The number of nitrogens with one attached hydrogen (secondary N) is 1. The highest BCUT2D eigenvalue weighted by Crippen LogP contribution is 2.17. The number of hydrogen-bond donors (Lipinski definition) is 1. The molecule has 0 radical (unpaired) electrons. The van der Waals surface area contributed by atoms with Gasteiger partial charge in [0, 0.05) is 24.4 Å². The minimum atomic E-state index is 0.435. The second kappa shape index (κ2) is 7.64. The van der Waals surface area contributed by atoms with Gasteiger partial charge in [0.15, 0.2) is 0 Å². The molecule has 0 fully saturated rings. The Morgan fingerprint density at radius 3 is 2.52 bits per heavy atom. The predicted molar refractivity (Wildman–Crippen MR) is 83.7 cm³/mol. The summed E-state index contributed by atoms with van der Waals surface area (Å²) in [6.07, 6.45) is 0. The third-order valence-corrected chi connectivity index (χ3v) is 3.10. The zero-order valence-corrected chi connectivity index (χ0v) is 12.8. The summed E-state index contributed by atoms with van der Waals surface area (Å²) in [7, 11) is 1.66. The molecule has 1 aromatic carbocycles. The van der Waals surface area contributed by atoms with E-state index in [-0.39, 0.29) is 0 Å². The maximum absolute atomic E-state index is 5.77. The summed E-state index contributed by atoms with van der Waals surface area (Å²) in [6.45, 7) is 6.33. The number of methoxy groups -OCH3 is 1. The first-order valence-electron chi connectivity index (χ1n) is 7.15. The lowest BCUT2D eigenvalue weighted by atomic mass is 10.2. The maximum atomic E-state index is 5.77. The van der Waals surface area contributed by atoms with Crippen LogP contribution < -0.4 is 14.8 Å². The molecule has 0 aliphatic carbocycles. The van der Waals surface area contributed by atoms with Gasteiger partial charge < -0.3 is 14.8 Å². The summed E-state index contributed by atoms with van der Waals surface area (Å²) < 4.78 is 11.0. The molecule has 0 bridgehead atoms. The van der Waals surface area contributed by atoms with E-state index in [1.165, 1.54) is 5.56 Å². The molecule has 2 rings (SSSR count). The van der Waals surface area contributed by atoms with Crippen LogP contribution in [-0.2, 0) is 13.2 Å². The normalized spacial score (nSPS) is 10.4. The van der Waals surface area contributed by atoms with E-state index in [9.17, 15) is 0 Å². The van der Waals surface area contributed by atoms with Crippen LogP contribution in [0.15, 0.2) is 36.4 Å². The molecule has 0 atom stereocenters. The fourth-order valence-electron chi connectivity index (χ4n) is 2.02. The lowest BCUT2D eigenvalue weighted by Gasteiger charge is -2.09. The van der Waals surface area contributed by atoms with Crippen molar-refractivity contribution < 1.29 is 9.47 Å². The van der Waals surface area contributed by atoms with Gasteiger partial charge >= 0.3 is 0 Å². The summed E-state index contributed by atoms with van der Waals surface area (Å²) in [4.78, 5) is 4.44. The highest BCUT2D eigenvalue weighted by molar-refractivity contribution is 5.29. The molecule has 1 N–H and O–H groups in total. The van der Waals surface area contributed by atoms with Gasteiger partial charge in [-0.25, -0.2) is 0 Å². The highest BCUT2D eigenvalue weighted by Gasteiger charge is 2.02. The molecule has 1 aromatic heterocycles. The first-order chi connectivity index (χ1) is 10.2. The number of pyridine rings is 1. The molecule has 2 aromatic rings. The van der Waals surface area contributed by atoms with Crippen LogP contribution in [0.4, 0.5) is 0 Å². The van der Waals surface area contributed by atoms with Gasteiger partial charge in [-0.05, 0) is 31.2 Å². The van der Waals surface area contributed by atoms with Crippen LogP contribution >= 0.6 is 0 Å². The fourth-order valence-corrected chi connectivity index (χ4v) is 2.02. The van der Waals surface area contributed by atoms with Crippen LogP contribution in [0.5, 0.6) is 11.5 Å². The maximum Gasteiger partial charge on any atom is 0.130 e. The number of benzene rings is 1. The molecule has 0 saturated heterocycles. The van der Waals surface area contributed by atoms with Crippen LogP contribution in [-0.4, -0.2) is 18.6 Å². The van der Waals surface area contributed by atoms with E-state index < -0.39 is 0 Å².